The Bertz CT molecular complexity index is 403. The van der Waals surface area contributed by atoms with Crippen molar-refractivity contribution in [1.29, 1.82) is 0 Å². The highest BCUT2D eigenvalue weighted by atomic mass is 16.5. The predicted molar refractivity (Wildman–Crippen MR) is 76.3 cm³/mol. The van der Waals surface area contributed by atoms with Gasteiger partial charge in [0.05, 0.1) is 25.0 Å². The van der Waals surface area contributed by atoms with Crippen LogP contribution in [0.5, 0.6) is 0 Å². The monoisotopic (exact) mass is 278 g/mol. The first kappa shape index (κ1) is 16.2. The second-order valence-corrected chi connectivity index (χ2v) is 5.25. The second kappa shape index (κ2) is 7.68. The van der Waals surface area contributed by atoms with Gasteiger partial charge in [0.2, 0.25) is 0 Å². The SMILES string of the molecule is CC(C)OC(=O)Cc1ccc(CC(=O)OC(C)C)cc1. The molecule has 4 nitrogen and oxygen atoms in total. The van der Waals surface area contributed by atoms with Crippen LogP contribution in [0.4, 0.5) is 0 Å². The van der Waals surface area contributed by atoms with Crippen LogP contribution in [0.2, 0.25) is 0 Å². The summed E-state index contributed by atoms with van der Waals surface area (Å²) in [5.74, 6) is -0.487. The van der Waals surface area contributed by atoms with Crippen LogP contribution in [0.1, 0.15) is 38.8 Å². The first-order valence-electron chi connectivity index (χ1n) is 6.83. The number of rotatable bonds is 6. The molecular formula is C16H22O4. The van der Waals surface area contributed by atoms with Gasteiger partial charge in [-0.25, -0.2) is 0 Å². The molecule has 1 aromatic rings. The van der Waals surface area contributed by atoms with Crippen molar-refractivity contribution >= 4 is 11.9 Å². The lowest BCUT2D eigenvalue weighted by Gasteiger charge is -2.09. The van der Waals surface area contributed by atoms with Crippen LogP contribution < -0.4 is 0 Å². The summed E-state index contributed by atoms with van der Waals surface area (Å²) in [7, 11) is 0. The molecule has 0 aromatic heterocycles. The highest BCUT2D eigenvalue weighted by Gasteiger charge is 2.09. The Morgan fingerprint density at radius 2 is 1.10 bits per heavy atom. The van der Waals surface area contributed by atoms with Crippen LogP contribution in [0, 0.1) is 0 Å². The van der Waals surface area contributed by atoms with E-state index in [-0.39, 0.29) is 37.0 Å². The van der Waals surface area contributed by atoms with Gasteiger partial charge in [-0.2, -0.15) is 0 Å². The Morgan fingerprint density at radius 3 is 1.35 bits per heavy atom. The van der Waals surface area contributed by atoms with Crippen LogP contribution in [0.3, 0.4) is 0 Å². The maximum atomic E-state index is 11.5. The molecule has 0 fully saturated rings. The van der Waals surface area contributed by atoms with Crippen molar-refractivity contribution in [3.05, 3.63) is 35.4 Å². The van der Waals surface area contributed by atoms with E-state index in [2.05, 4.69) is 0 Å². The van der Waals surface area contributed by atoms with Gasteiger partial charge in [0, 0.05) is 0 Å². The molecule has 20 heavy (non-hydrogen) atoms. The average molecular weight is 278 g/mol. The van der Waals surface area contributed by atoms with Crippen molar-refractivity contribution in [2.24, 2.45) is 0 Å². The first-order chi connectivity index (χ1) is 9.36. The van der Waals surface area contributed by atoms with Crippen molar-refractivity contribution in [2.75, 3.05) is 0 Å². The van der Waals surface area contributed by atoms with E-state index in [0.717, 1.165) is 11.1 Å². The molecule has 0 bridgehead atoms. The van der Waals surface area contributed by atoms with E-state index in [4.69, 9.17) is 9.47 Å². The summed E-state index contributed by atoms with van der Waals surface area (Å²) in [6.07, 6.45) is 0.282. The lowest BCUT2D eigenvalue weighted by atomic mass is 10.1. The summed E-state index contributed by atoms with van der Waals surface area (Å²) in [4.78, 5) is 23.0. The van der Waals surface area contributed by atoms with Gasteiger partial charge in [-0.3, -0.25) is 9.59 Å². The zero-order valence-electron chi connectivity index (χ0n) is 12.5. The molecule has 0 atom stereocenters. The van der Waals surface area contributed by atoms with Gasteiger partial charge in [-0.1, -0.05) is 24.3 Å². The second-order valence-electron chi connectivity index (χ2n) is 5.25. The number of ether oxygens (including phenoxy) is 2. The predicted octanol–water partition coefficient (Wildman–Crippen LogP) is 2.67. The minimum absolute atomic E-state index is 0.104. The Balaban J connectivity index is 2.52. The summed E-state index contributed by atoms with van der Waals surface area (Å²) in [6.45, 7) is 7.28. The van der Waals surface area contributed by atoms with Crippen LogP contribution in [-0.4, -0.2) is 24.1 Å². The molecule has 0 radical (unpaired) electrons. The van der Waals surface area contributed by atoms with Crippen LogP contribution >= 0.6 is 0 Å². The molecule has 0 spiro atoms. The van der Waals surface area contributed by atoms with Gasteiger partial charge < -0.3 is 9.47 Å². The van der Waals surface area contributed by atoms with Crippen molar-refractivity contribution in [3.63, 3.8) is 0 Å². The van der Waals surface area contributed by atoms with Gasteiger partial charge >= 0.3 is 11.9 Å². The third-order valence-corrected chi connectivity index (χ3v) is 2.45. The molecule has 0 heterocycles. The maximum Gasteiger partial charge on any atom is 0.310 e. The van der Waals surface area contributed by atoms with Crippen molar-refractivity contribution in [3.8, 4) is 0 Å². The highest BCUT2D eigenvalue weighted by molar-refractivity contribution is 5.74. The number of carbonyl (C=O) groups excluding carboxylic acids is 2. The molecule has 110 valence electrons. The molecule has 1 rings (SSSR count). The third kappa shape index (κ3) is 6.36. The summed E-state index contributed by atoms with van der Waals surface area (Å²) in [5, 5.41) is 0. The Morgan fingerprint density at radius 1 is 0.800 bits per heavy atom. The Kier molecular flexibility index (Phi) is 6.22. The zero-order valence-corrected chi connectivity index (χ0v) is 12.5. The van der Waals surface area contributed by atoms with E-state index in [9.17, 15) is 9.59 Å². The molecule has 4 heteroatoms. The molecule has 0 aliphatic carbocycles. The van der Waals surface area contributed by atoms with Crippen LogP contribution in [0.15, 0.2) is 24.3 Å². The minimum atomic E-state index is -0.244. The van der Waals surface area contributed by atoms with Crippen molar-refractivity contribution < 1.29 is 19.1 Å². The van der Waals surface area contributed by atoms with E-state index >= 15 is 0 Å². The van der Waals surface area contributed by atoms with E-state index in [1.165, 1.54) is 0 Å². The van der Waals surface area contributed by atoms with Gasteiger partial charge in [-0.15, -0.1) is 0 Å². The van der Waals surface area contributed by atoms with Crippen molar-refractivity contribution in [2.45, 2.75) is 52.7 Å². The van der Waals surface area contributed by atoms with E-state index in [1.807, 2.05) is 52.0 Å². The molecular weight excluding hydrogens is 256 g/mol. The van der Waals surface area contributed by atoms with Gasteiger partial charge in [0.1, 0.15) is 0 Å². The number of esters is 2. The lowest BCUT2D eigenvalue weighted by molar-refractivity contribution is -0.147. The fourth-order valence-corrected chi connectivity index (χ4v) is 1.72. The van der Waals surface area contributed by atoms with Gasteiger partial charge in [0.25, 0.3) is 0 Å². The highest BCUT2D eigenvalue weighted by Crippen LogP contribution is 2.08. The molecule has 0 aliphatic rings. The van der Waals surface area contributed by atoms with Gasteiger partial charge in [0.15, 0.2) is 0 Å². The molecule has 0 unspecified atom stereocenters. The number of carbonyl (C=O) groups is 2. The number of benzene rings is 1. The molecule has 1 aromatic carbocycles. The Hall–Kier alpha value is -1.84. The third-order valence-electron chi connectivity index (χ3n) is 2.45. The quantitative estimate of drug-likeness (QED) is 0.751. The standard InChI is InChI=1S/C16H22O4/c1-11(2)19-15(17)9-13-5-7-14(8-6-13)10-16(18)20-12(3)4/h5-8,11-12H,9-10H2,1-4H3. The molecule has 0 saturated heterocycles. The minimum Gasteiger partial charge on any atom is -0.463 e. The fourth-order valence-electron chi connectivity index (χ4n) is 1.72. The van der Waals surface area contributed by atoms with Crippen LogP contribution in [0.25, 0.3) is 0 Å². The van der Waals surface area contributed by atoms with E-state index in [0.29, 0.717) is 0 Å². The van der Waals surface area contributed by atoms with Crippen LogP contribution in [-0.2, 0) is 31.9 Å². The Labute approximate surface area is 120 Å². The maximum absolute atomic E-state index is 11.5. The molecule has 0 saturated carbocycles. The normalized spacial score (nSPS) is 10.7. The zero-order chi connectivity index (χ0) is 15.1. The van der Waals surface area contributed by atoms with E-state index in [1.54, 1.807) is 0 Å². The summed E-state index contributed by atoms with van der Waals surface area (Å²) in [5.41, 5.74) is 1.74. The summed E-state index contributed by atoms with van der Waals surface area (Å²) >= 11 is 0. The lowest BCUT2D eigenvalue weighted by Crippen LogP contribution is -2.14. The first-order valence-corrected chi connectivity index (χ1v) is 6.83. The fraction of sp³-hybridized carbons (Fsp3) is 0.500. The number of hydrogen-bond acceptors (Lipinski definition) is 4. The molecule has 0 amide bonds. The largest absolute Gasteiger partial charge is 0.463 e. The summed E-state index contributed by atoms with van der Waals surface area (Å²) in [6, 6.07) is 7.33. The molecule has 0 aliphatic heterocycles. The average Bonchev–Trinajstić information content (AvgIpc) is 2.29. The molecule has 0 N–H and O–H groups in total. The van der Waals surface area contributed by atoms with Gasteiger partial charge in [-0.05, 0) is 38.8 Å². The van der Waals surface area contributed by atoms with E-state index < -0.39 is 0 Å². The number of hydrogen-bond donors (Lipinski definition) is 0. The summed E-state index contributed by atoms with van der Waals surface area (Å²) < 4.78 is 10.2. The topological polar surface area (TPSA) is 52.6 Å². The van der Waals surface area contributed by atoms with Crippen molar-refractivity contribution in [1.82, 2.24) is 0 Å². The smallest absolute Gasteiger partial charge is 0.310 e.